The highest BCUT2D eigenvalue weighted by atomic mass is 16.5. The lowest BCUT2D eigenvalue weighted by atomic mass is 9.97. The highest BCUT2D eigenvalue weighted by molar-refractivity contribution is 5.75. The second-order valence-electron chi connectivity index (χ2n) is 10.1. The molecule has 3 aliphatic rings. The summed E-state index contributed by atoms with van der Waals surface area (Å²) >= 11 is 0. The van der Waals surface area contributed by atoms with Crippen LogP contribution in [0.25, 0.3) is 16.9 Å². The number of imidazole rings is 1. The van der Waals surface area contributed by atoms with Crippen molar-refractivity contribution in [2.45, 2.75) is 12.5 Å². The first-order valence-electron chi connectivity index (χ1n) is 12.8. The maximum atomic E-state index is 5.62. The molecule has 0 aliphatic carbocycles. The van der Waals surface area contributed by atoms with Crippen LogP contribution < -0.4 is 20.3 Å². The first-order valence-corrected chi connectivity index (χ1v) is 12.8. The Morgan fingerprint density at radius 2 is 1.89 bits per heavy atom. The molecule has 0 amide bonds. The predicted octanol–water partition coefficient (Wildman–Crippen LogP) is 3.25. The van der Waals surface area contributed by atoms with Crippen molar-refractivity contribution < 1.29 is 9.47 Å². The number of piperazine rings is 1. The fourth-order valence-electron chi connectivity index (χ4n) is 5.30. The van der Waals surface area contributed by atoms with E-state index < -0.39 is 0 Å². The Balaban J connectivity index is 1.10. The molecule has 0 radical (unpaired) electrons. The highest BCUT2D eigenvalue weighted by Gasteiger charge is 2.40. The number of rotatable bonds is 5. The van der Waals surface area contributed by atoms with E-state index in [9.17, 15) is 0 Å². The van der Waals surface area contributed by atoms with Crippen molar-refractivity contribution >= 4 is 28.5 Å². The quantitative estimate of drug-likeness (QED) is 0.430. The maximum absolute atomic E-state index is 5.62. The minimum atomic E-state index is 0.221. The Labute approximate surface area is 215 Å². The summed E-state index contributed by atoms with van der Waals surface area (Å²) in [5.74, 6) is 1.33. The zero-order valence-corrected chi connectivity index (χ0v) is 20.9. The first kappa shape index (κ1) is 22.3. The number of pyridine rings is 1. The van der Waals surface area contributed by atoms with Gasteiger partial charge in [0, 0.05) is 74.4 Å². The van der Waals surface area contributed by atoms with E-state index in [0.717, 1.165) is 74.2 Å². The van der Waals surface area contributed by atoms with Crippen LogP contribution in [0.3, 0.4) is 0 Å². The largest absolute Gasteiger partial charge is 0.474 e. The van der Waals surface area contributed by atoms with Gasteiger partial charge in [-0.15, -0.1) is 0 Å². The molecule has 2 fully saturated rings. The van der Waals surface area contributed by atoms with Gasteiger partial charge >= 0.3 is 0 Å². The lowest BCUT2D eigenvalue weighted by Crippen LogP contribution is -2.64. The third-order valence-electron chi connectivity index (χ3n) is 7.54. The van der Waals surface area contributed by atoms with Crippen LogP contribution in [0.1, 0.15) is 6.92 Å². The van der Waals surface area contributed by atoms with Crippen molar-refractivity contribution in [2.24, 2.45) is 0 Å². The van der Waals surface area contributed by atoms with Gasteiger partial charge in [-0.25, -0.2) is 15.0 Å². The fourth-order valence-corrected chi connectivity index (χ4v) is 5.30. The van der Waals surface area contributed by atoms with Crippen LogP contribution in [-0.2, 0) is 4.74 Å². The molecule has 3 aliphatic heterocycles. The van der Waals surface area contributed by atoms with E-state index >= 15 is 0 Å². The van der Waals surface area contributed by atoms with E-state index in [4.69, 9.17) is 14.5 Å². The molecule has 10 nitrogen and oxygen atoms in total. The standard InChI is InChI=1S/C27H30N8O2/c1-27(17-36-18-27)35-11-9-33(10-12-35)21-4-2-20(3-5-21)31-24-25-29-6-8-34(25)16-23(32-24)19-14-22-26(30-15-19)37-13-7-28-22/h2-6,8,14-16,28H,7,9-13,17-18H2,1H3,(H,31,32). The molecule has 190 valence electrons. The molecule has 0 bridgehead atoms. The summed E-state index contributed by atoms with van der Waals surface area (Å²) in [6, 6.07) is 10.6. The molecule has 0 spiro atoms. The number of anilines is 4. The smallest absolute Gasteiger partial charge is 0.237 e. The van der Waals surface area contributed by atoms with Crippen LogP contribution in [0.15, 0.2) is 55.1 Å². The molecule has 10 heteroatoms. The lowest BCUT2D eigenvalue weighted by molar-refractivity contribution is -0.131. The number of ether oxygens (including phenoxy) is 2. The minimum Gasteiger partial charge on any atom is -0.474 e. The molecule has 37 heavy (non-hydrogen) atoms. The molecule has 0 atom stereocenters. The second kappa shape index (κ2) is 8.89. The van der Waals surface area contributed by atoms with Crippen LogP contribution in [0.4, 0.5) is 22.9 Å². The Kier molecular flexibility index (Phi) is 5.37. The molecule has 1 aromatic carbocycles. The van der Waals surface area contributed by atoms with E-state index in [1.54, 1.807) is 12.4 Å². The Morgan fingerprint density at radius 3 is 2.68 bits per heavy atom. The van der Waals surface area contributed by atoms with Crippen LogP contribution in [-0.4, -0.2) is 82.3 Å². The van der Waals surface area contributed by atoms with Gasteiger partial charge < -0.3 is 29.4 Å². The monoisotopic (exact) mass is 498 g/mol. The van der Waals surface area contributed by atoms with Gasteiger partial charge in [-0.1, -0.05) is 0 Å². The summed E-state index contributed by atoms with van der Waals surface area (Å²) in [7, 11) is 0. The van der Waals surface area contributed by atoms with Crippen molar-refractivity contribution in [3.8, 4) is 17.1 Å². The Bertz CT molecular complexity index is 1420. The molecule has 0 unspecified atom stereocenters. The van der Waals surface area contributed by atoms with Crippen LogP contribution in [0.2, 0.25) is 0 Å². The number of fused-ring (bicyclic) bond motifs is 2. The van der Waals surface area contributed by atoms with E-state index in [1.165, 1.54) is 5.69 Å². The van der Waals surface area contributed by atoms with Crippen LogP contribution >= 0.6 is 0 Å². The molecular formula is C27H30N8O2. The number of hydrogen-bond donors (Lipinski definition) is 2. The van der Waals surface area contributed by atoms with Gasteiger partial charge in [0.2, 0.25) is 5.88 Å². The predicted molar refractivity (Wildman–Crippen MR) is 143 cm³/mol. The zero-order chi connectivity index (χ0) is 24.8. The second-order valence-corrected chi connectivity index (χ2v) is 10.1. The fraction of sp³-hybridized carbons (Fsp3) is 0.370. The van der Waals surface area contributed by atoms with E-state index in [0.29, 0.717) is 18.3 Å². The number of nitrogens with one attached hydrogen (secondary N) is 2. The average molecular weight is 499 g/mol. The molecule has 3 aromatic heterocycles. The van der Waals surface area contributed by atoms with Crippen LogP contribution in [0.5, 0.6) is 5.88 Å². The van der Waals surface area contributed by atoms with E-state index in [-0.39, 0.29) is 5.54 Å². The molecule has 2 saturated heterocycles. The summed E-state index contributed by atoms with van der Waals surface area (Å²) in [6.07, 6.45) is 7.48. The minimum absolute atomic E-state index is 0.221. The summed E-state index contributed by atoms with van der Waals surface area (Å²) in [4.78, 5) is 18.9. The van der Waals surface area contributed by atoms with Crippen molar-refractivity contribution in [2.75, 3.05) is 68.1 Å². The number of aromatic nitrogens is 4. The van der Waals surface area contributed by atoms with Gasteiger partial charge in [0.25, 0.3) is 0 Å². The molecule has 7 rings (SSSR count). The van der Waals surface area contributed by atoms with Gasteiger partial charge in [-0.2, -0.15) is 0 Å². The summed E-state index contributed by atoms with van der Waals surface area (Å²) in [5.41, 5.74) is 5.79. The van der Waals surface area contributed by atoms with Gasteiger partial charge in [-0.05, 0) is 37.3 Å². The van der Waals surface area contributed by atoms with Crippen molar-refractivity contribution in [3.63, 3.8) is 0 Å². The number of benzene rings is 1. The zero-order valence-electron chi connectivity index (χ0n) is 20.9. The first-order chi connectivity index (χ1) is 18.1. The lowest BCUT2D eigenvalue weighted by Gasteiger charge is -2.50. The van der Waals surface area contributed by atoms with Gasteiger partial charge in [0.05, 0.1) is 30.1 Å². The number of hydrogen-bond acceptors (Lipinski definition) is 9. The summed E-state index contributed by atoms with van der Waals surface area (Å²) in [5, 5.41) is 6.83. The summed E-state index contributed by atoms with van der Waals surface area (Å²) in [6.45, 7) is 9.56. The normalized spacial score (nSPS) is 19.0. The van der Waals surface area contributed by atoms with Crippen molar-refractivity contribution in [3.05, 3.63) is 55.1 Å². The van der Waals surface area contributed by atoms with Gasteiger partial charge in [-0.3, -0.25) is 4.90 Å². The molecule has 0 saturated carbocycles. The van der Waals surface area contributed by atoms with Crippen molar-refractivity contribution in [1.82, 2.24) is 24.3 Å². The average Bonchev–Trinajstić information content (AvgIpc) is 3.41. The van der Waals surface area contributed by atoms with Crippen molar-refractivity contribution in [1.29, 1.82) is 0 Å². The SMILES string of the molecule is CC1(N2CCN(c3ccc(Nc4nc(-c5cnc6c(c5)NCCO6)cn5ccnc45)cc3)CC2)COC1. The topological polar surface area (TPSA) is 92.1 Å². The van der Waals surface area contributed by atoms with E-state index in [2.05, 4.69) is 61.6 Å². The highest BCUT2D eigenvalue weighted by Crippen LogP contribution is 2.32. The molecule has 6 heterocycles. The van der Waals surface area contributed by atoms with Gasteiger partial charge in [0.1, 0.15) is 6.61 Å². The molecular weight excluding hydrogens is 468 g/mol. The van der Waals surface area contributed by atoms with Gasteiger partial charge in [0.15, 0.2) is 11.5 Å². The third kappa shape index (κ3) is 4.11. The summed E-state index contributed by atoms with van der Waals surface area (Å²) < 4.78 is 13.1. The maximum Gasteiger partial charge on any atom is 0.237 e. The molecule has 2 N–H and O–H groups in total. The third-order valence-corrected chi connectivity index (χ3v) is 7.54. The van der Waals surface area contributed by atoms with E-state index in [1.807, 2.05) is 22.9 Å². The Hall–Kier alpha value is -3.89. The molecule has 4 aromatic rings. The van der Waals surface area contributed by atoms with Crippen LogP contribution in [0, 0.1) is 0 Å². The Morgan fingerprint density at radius 1 is 1.05 bits per heavy atom. The number of nitrogens with zero attached hydrogens (tertiary/aromatic N) is 6.